The molecule has 0 spiro atoms. The topological polar surface area (TPSA) is 194 Å². The predicted molar refractivity (Wildman–Crippen MR) is 272 cm³/mol. The molecule has 2 aliphatic heterocycles. The number of methoxy groups -OCH3 is 1. The van der Waals surface area contributed by atoms with E-state index in [9.17, 15) is 24.3 Å². The zero-order valence-electron chi connectivity index (χ0n) is 40.4. The first-order valence-corrected chi connectivity index (χ1v) is 26.3. The number of rotatable bonds is 18. The Bertz CT molecular complexity index is 2510. The normalized spacial score (nSPS) is 21.7. The highest BCUT2D eigenvalue weighted by Gasteiger charge is 2.54. The smallest absolute Gasteiger partial charge is 0.258 e. The number of thioether (sulfide) groups is 1. The second-order valence-electron chi connectivity index (χ2n) is 19.5. The fourth-order valence-corrected chi connectivity index (χ4v) is 11.9. The Balaban J connectivity index is 0.808. The monoisotopic (exact) mass is 1020 g/mol. The minimum atomic E-state index is -2.00. The number of likely N-dealkylation sites (tertiary alicyclic amines) is 1. The molecule has 4 fully saturated rings. The van der Waals surface area contributed by atoms with Crippen molar-refractivity contribution in [1.82, 2.24) is 40.3 Å². The molecule has 2 saturated carbocycles. The molecule has 4 amide bonds. The first kappa shape index (κ1) is 51.3. The Kier molecular flexibility index (Phi) is 16.2. The van der Waals surface area contributed by atoms with E-state index in [1.54, 1.807) is 55.5 Å². The quantitative estimate of drug-likeness (QED) is 0.0708. The first-order chi connectivity index (χ1) is 33.5. The third kappa shape index (κ3) is 12.1. The van der Waals surface area contributed by atoms with Crippen LogP contribution in [0.5, 0.6) is 5.75 Å². The van der Waals surface area contributed by atoms with Crippen LogP contribution in [0.2, 0.25) is 5.02 Å². The van der Waals surface area contributed by atoms with E-state index in [0.29, 0.717) is 58.7 Å². The third-order valence-corrected chi connectivity index (χ3v) is 17.0. The molecule has 4 heterocycles. The van der Waals surface area contributed by atoms with Gasteiger partial charge in [-0.2, -0.15) is 16.7 Å². The number of ether oxygens (including phenoxy) is 1. The molecule has 8 rings (SSSR count). The Morgan fingerprint density at radius 3 is 2.40 bits per heavy atom. The van der Waals surface area contributed by atoms with Crippen molar-refractivity contribution in [3.63, 3.8) is 0 Å². The summed E-state index contributed by atoms with van der Waals surface area (Å²) in [5.41, 5.74) is 3.84. The minimum absolute atomic E-state index is 0.0505. The lowest BCUT2D eigenvalue weighted by atomic mass is 9.82. The number of carbonyl (C=O) groups is 4. The number of aliphatic hydroxyl groups is 1. The van der Waals surface area contributed by atoms with Crippen molar-refractivity contribution in [2.75, 3.05) is 69.8 Å². The second kappa shape index (κ2) is 22.1. The summed E-state index contributed by atoms with van der Waals surface area (Å²) < 4.78 is 19.9. The summed E-state index contributed by atoms with van der Waals surface area (Å²) in [5, 5.41) is 23.0. The van der Waals surface area contributed by atoms with Gasteiger partial charge in [0.15, 0.2) is 5.67 Å². The van der Waals surface area contributed by atoms with Crippen molar-refractivity contribution in [3.05, 3.63) is 76.0 Å². The number of piperazine rings is 1. The number of anilines is 3. The summed E-state index contributed by atoms with van der Waals surface area (Å²) in [4.78, 5) is 74.9. The van der Waals surface area contributed by atoms with Crippen LogP contribution in [0.1, 0.15) is 80.4 Å². The lowest BCUT2D eigenvalue weighted by molar-refractivity contribution is -0.143. The maximum Gasteiger partial charge on any atom is 0.258 e. The van der Waals surface area contributed by atoms with Crippen LogP contribution < -0.4 is 26.0 Å². The molecule has 2 aromatic carbocycles. The van der Waals surface area contributed by atoms with Crippen molar-refractivity contribution in [2.24, 2.45) is 11.8 Å². The van der Waals surface area contributed by atoms with Crippen molar-refractivity contribution in [3.8, 4) is 16.2 Å². The zero-order valence-corrected chi connectivity index (χ0v) is 42.8. The number of hydrogen-bond acceptors (Lipinski definition) is 14. The summed E-state index contributed by atoms with van der Waals surface area (Å²) in [6.45, 7) is 9.71. The standard InChI is InChI=1S/C50H64ClFN10O6S2/c1-30-41(69-29-56-30)34-12-10-31(11-13-34)24-54-44(64)39-23-36(63)27-62(39)46(66)42(58-47(67)50(52)16-17-50)49(2,3)70-28-33-8-6-32(7-9-33)26-60-18-20-61(21-19-60)45(65)35-14-15-38(40(22-35)68-5)57-48-55-25-37(51)43(53-4)59-48/h10-15,22,25,29,32-33,36,39,42,63H,6-9,16-21,23-24,26-28H2,1-5H3,(H,54,64)(H,58,67)(H2,53,55,57,59)/t32?,33?,36-,39+,42?/m1/s1. The van der Waals surface area contributed by atoms with Gasteiger partial charge in [0, 0.05) is 69.6 Å². The Morgan fingerprint density at radius 2 is 1.74 bits per heavy atom. The summed E-state index contributed by atoms with van der Waals surface area (Å²) in [6, 6.07) is 11.1. The molecule has 0 radical (unpaired) electrons. The van der Waals surface area contributed by atoms with Gasteiger partial charge in [0.05, 0.1) is 41.2 Å². The number of β-amino-alcohol motifs (C(OH)–C–C–N with tert-alkyl or cyclic N) is 1. The maximum absolute atomic E-state index is 15.2. The van der Waals surface area contributed by atoms with Gasteiger partial charge in [-0.1, -0.05) is 35.9 Å². The average molecular weight is 1020 g/mol. The molecule has 20 heteroatoms. The molecule has 70 heavy (non-hydrogen) atoms. The molecule has 16 nitrogen and oxygen atoms in total. The van der Waals surface area contributed by atoms with Crippen LogP contribution in [0, 0.1) is 18.8 Å². The fourth-order valence-electron chi connectivity index (χ4n) is 9.59. The highest BCUT2D eigenvalue weighted by molar-refractivity contribution is 8.00. The third-order valence-electron chi connectivity index (χ3n) is 14.1. The molecule has 0 bridgehead atoms. The number of benzene rings is 2. The number of halogens is 2. The zero-order chi connectivity index (χ0) is 49.7. The van der Waals surface area contributed by atoms with E-state index in [1.807, 2.05) is 55.4 Å². The van der Waals surface area contributed by atoms with Gasteiger partial charge in [0.25, 0.3) is 11.8 Å². The molecule has 376 valence electrons. The van der Waals surface area contributed by atoms with E-state index in [0.717, 1.165) is 72.8 Å². The molecule has 2 aliphatic carbocycles. The molecular weight excluding hydrogens is 955 g/mol. The first-order valence-electron chi connectivity index (χ1n) is 24.1. The molecular formula is C50H64ClFN10O6S2. The molecule has 1 unspecified atom stereocenters. The van der Waals surface area contributed by atoms with E-state index in [1.165, 1.54) is 11.1 Å². The molecule has 2 saturated heterocycles. The Hall–Kier alpha value is -5.08. The van der Waals surface area contributed by atoms with Gasteiger partial charge < -0.3 is 40.9 Å². The van der Waals surface area contributed by atoms with E-state index in [-0.39, 0.29) is 38.3 Å². The lowest BCUT2D eigenvalue weighted by Crippen LogP contribution is -2.61. The van der Waals surface area contributed by atoms with Crippen LogP contribution in [0.25, 0.3) is 10.4 Å². The molecule has 4 aliphatic rings. The maximum atomic E-state index is 15.2. The van der Waals surface area contributed by atoms with Gasteiger partial charge >= 0.3 is 0 Å². The van der Waals surface area contributed by atoms with Crippen molar-refractivity contribution < 1.29 is 33.4 Å². The number of aliphatic hydroxyl groups excluding tert-OH is 1. The average Bonchev–Trinajstić information content (AvgIpc) is 3.77. The van der Waals surface area contributed by atoms with Crippen LogP contribution in [-0.2, 0) is 20.9 Å². The predicted octanol–water partition coefficient (Wildman–Crippen LogP) is 6.70. The van der Waals surface area contributed by atoms with Gasteiger partial charge in [-0.3, -0.25) is 24.1 Å². The van der Waals surface area contributed by atoms with E-state index >= 15 is 4.39 Å². The van der Waals surface area contributed by atoms with Crippen LogP contribution in [0.15, 0.2) is 54.2 Å². The van der Waals surface area contributed by atoms with Gasteiger partial charge in [-0.05, 0) is 106 Å². The van der Waals surface area contributed by atoms with Gasteiger partial charge in [0.2, 0.25) is 17.8 Å². The van der Waals surface area contributed by atoms with Gasteiger partial charge in [0.1, 0.15) is 28.7 Å². The van der Waals surface area contributed by atoms with Gasteiger partial charge in [-0.15, -0.1) is 11.3 Å². The van der Waals surface area contributed by atoms with Gasteiger partial charge in [-0.25, -0.2) is 14.4 Å². The minimum Gasteiger partial charge on any atom is -0.495 e. The van der Waals surface area contributed by atoms with Crippen molar-refractivity contribution in [2.45, 2.75) is 101 Å². The Morgan fingerprint density at radius 1 is 1.03 bits per heavy atom. The number of nitrogens with zero attached hydrogens (tertiary/aromatic N) is 6. The highest BCUT2D eigenvalue weighted by Crippen LogP contribution is 2.42. The SMILES string of the molecule is CNc1nc(Nc2ccc(C(=O)N3CCN(CC4CCC(CSC(C)(C)C(NC(=O)C5(F)CC5)C(=O)N5C[C@H](O)C[C@H]5C(=O)NCc5ccc(-c6scnc6C)cc5)CC4)CC3)cc2OC)ncc1Cl. The lowest BCUT2D eigenvalue weighted by Gasteiger charge is -2.40. The van der Waals surface area contributed by atoms with E-state index in [4.69, 9.17) is 16.3 Å². The van der Waals surface area contributed by atoms with Crippen LogP contribution in [0.4, 0.5) is 21.8 Å². The number of aryl methyl sites for hydroxylation is 1. The molecule has 3 atom stereocenters. The van der Waals surface area contributed by atoms with Crippen LogP contribution in [0.3, 0.4) is 0 Å². The molecule has 4 aromatic rings. The van der Waals surface area contributed by atoms with Crippen molar-refractivity contribution in [1.29, 1.82) is 0 Å². The second-order valence-corrected chi connectivity index (χ2v) is 22.5. The van der Waals surface area contributed by atoms with Crippen molar-refractivity contribution >= 4 is 75.8 Å². The number of thiazole rings is 1. The molecule has 5 N–H and O–H groups in total. The highest BCUT2D eigenvalue weighted by atomic mass is 35.5. The van der Waals surface area contributed by atoms with E-state index < -0.39 is 46.3 Å². The fraction of sp³-hybridized carbons (Fsp3) is 0.540. The Labute approximate surface area is 422 Å². The number of alkyl halides is 1. The number of nitrogens with one attached hydrogen (secondary N) is 4. The van der Waals surface area contributed by atoms with Crippen LogP contribution in [-0.4, -0.2) is 146 Å². The number of hydrogen-bond donors (Lipinski definition) is 5. The molecule has 2 aromatic heterocycles. The number of amides is 4. The summed E-state index contributed by atoms with van der Waals surface area (Å²) in [6.07, 6.45) is 5.01. The summed E-state index contributed by atoms with van der Waals surface area (Å²) >= 11 is 9.30. The van der Waals surface area contributed by atoms with Crippen LogP contribution >= 0.6 is 34.7 Å². The van der Waals surface area contributed by atoms with E-state index in [2.05, 4.69) is 41.1 Å². The number of aromatic nitrogens is 3. The summed E-state index contributed by atoms with van der Waals surface area (Å²) in [5.74, 6) is 1.24. The number of carbonyl (C=O) groups excluding carboxylic acids is 4. The summed E-state index contributed by atoms with van der Waals surface area (Å²) in [7, 11) is 3.28. The largest absolute Gasteiger partial charge is 0.495 e.